The molecule has 0 spiro atoms. The Morgan fingerprint density at radius 1 is 1.19 bits per heavy atom. The van der Waals surface area contributed by atoms with Crippen molar-refractivity contribution in [2.45, 2.75) is 32.1 Å². The van der Waals surface area contributed by atoms with Gasteiger partial charge in [-0.1, -0.05) is 35.3 Å². The third kappa shape index (κ3) is 5.27. The zero-order chi connectivity index (χ0) is 18.4. The number of benzene rings is 2. The van der Waals surface area contributed by atoms with Gasteiger partial charge in [-0.25, -0.2) is 0 Å². The fourth-order valence-corrected chi connectivity index (χ4v) is 3.48. The summed E-state index contributed by atoms with van der Waals surface area (Å²) in [7, 11) is 1.61. The van der Waals surface area contributed by atoms with Crippen LogP contribution in [0.5, 0.6) is 11.5 Å². The number of nitrogens with one attached hydrogen (secondary N) is 1. The Balaban J connectivity index is 1.62. The summed E-state index contributed by atoms with van der Waals surface area (Å²) in [6.45, 7) is 2.77. The van der Waals surface area contributed by atoms with E-state index in [0.29, 0.717) is 40.8 Å². The number of ether oxygens (including phenoxy) is 3. The topological polar surface area (TPSA) is 39.7 Å². The molecule has 1 saturated heterocycles. The zero-order valence-corrected chi connectivity index (χ0v) is 16.3. The Morgan fingerprint density at radius 2 is 2.08 bits per heavy atom. The van der Waals surface area contributed by atoms with Gasteiger partial charge in [-0.05, 0) is 48.2 Å². The van der Waals surface area contributed by atoms with Crippen LogP contribution in [0.1, 0.15) is 24.0 Å². The van der Waals surface area contributed by atoms with Crippen LogP contribution >= 0.6 is 23.2 Å². The molecule has 1 aliphatic heterocycles. The molecule has 1 unspecified atom stereocenters. The molecular formula is C20H23Cl2NO3. The molecule has 0 aliphatic carbocycles. The maximum Gasteiger partial charge on any atom is 0.180 e. The number of methoxy groups -OCH3 is 1. The van der Waals surface area contributed by atoms with Gasteiger partial charge in [0.1, 0.15) is 6.61 Å². The molecule has 2 aromatic carbocycles. The van der Waals surface area contributed by atoms with Gasteiger partial charge in [0.2, 0.25) is 0 Å². The van der Waals surface area contributed by atoms with Crippen molar-refractivity contribution in [1.29, 1.82) is 0 Å². The number of hydrogen-bond donors (Lipinski definition) is 1. The second-order valence-corrected chi connectivity index (χ2v) is 7.14. The molecule has 1 heterocycles. The first-order valence-corrected chi connectivity index (χ1v) is 9.47. The van der Waals surface area contributed by atoms with Gasteiger partial charge in [-0.15, -0.1) is 0 Å². The quantitative estimate of drug-likeness (QED) is 0.693. The maximum atomic E-state index is 6.43. The first-order chi connectivity index (χ1) is 12.7. The minimum absolute atomic E-state index is 0.313. The minimum Gasteiger partial charge on any atom is -0.493 e. The Bertz CT molecular complexity index is 733. The fraction of sp³-hybridized carbons (Fsp3) is 0.400. The average Bonchev–Trinajstić information content (AvgIpc) is 3.14. The van der Waals surface area contributed by atoms with Crippen molar-refractivity contribution >= 4 is 23.2 Å². The standard InChI is InChI=1S/C20H23Cl2NO3/c1-24-19-10-15(11-23-12-17-6-3-7-25-17)9-18(22)20(19)26-13-14-4-2-5-16(21)8-14/h2,4-5,8-10,17,23H,3,6-7,11-13H2,1H3. The largest absolute Gasteiger partial charge is 0.493 e. The first-order valence-electron chi connectivity index (χ1n) is 8.71. The van der Waals surface area contributed by atoms with Crippen LogP contribution in [0.2, 0.25) is 10.0 Å². The molecule has 1 N–H and O–H groups in total. The average molecular weight is 396 g/mol. The van der Waals surface area contributed by atoms with E-state index in [1.165, 1.54) is 0 Å². The van der Waals surface area contributed by atoms with E-state index in [1.54, 1.807) is 7.11 Å². The highest BCUT2D eigenvalue weighted by atomic mass is 35.5. The van der Waals surface area contributed by atoms with Crippen molar-refractivity contribution in [1.82, 2.24) is 5.32 Å². The van der Waals surface area contributed by atoms with Crippen molar-refractivity contribution in [3.8, 4) is 11.5 Å². The summed E-state index contributed by atoms with van der Waals surface area (Å²) >= 11 is 12.4. The van der Waals surface area contributed by atoms with Gasteiger partial charge in [-0.2, -0.15) is 0 Å². The summed E-state index contributed by atoms with van der Waals surface area (Å²) in [4.78, 5) is 0. The molecule has 1 atom stereocenters. The second kappa shape index (κ2) is 9.47. The summed E-state index contributed by atoms with van der Waals surface area (Å²) in [5.41, 5.74) is 2.01. The molecule has 0 aromatic heterocycles. The monoisotopic (exact) mass is 395 g/mol. The highest BCUT2D eigenvalue weighted by molar-refractivity contribution is 6.32. The molecule has 0 bridgehead atoms. The highest BCUT2D eigenvalue weighted by Gasteiger charge is 2.16. The van der Waals surface area contributed by atoms with Crippen LogP contribution in [0.3, 0.4) is 0 Å². The van der Waals surface area contributed by atoms with E-state index >= 15 is 0 Å². The van der Waals surface area contributed by atoms with Crippen LogP contribution < -0.4 is 14.8 Å². The Hall–Kier alpha value is -1.46. The summed E-state index contributed by atoms with van der Waals surface area (Å²) < 4.78 is 17.0. The summed E-state index contributed by atoms with van der Waals surface area (Å²) in [5.74, 6) is 1.16. The van der Waals surface area contributed by atoms with Gasteiger partial charge in [0.05, 0.1) is 18.2 Å². The molecule has 3 rings (SSSR count). The lowest BCUT2D eigenvalue weighted by Gasteiger charge is -2.15. The van der Waals surface area contributed by atoms with Gasteiger partial charge in [-0.3, -0.25) is 0 Å². The molecule has 1 fully saturated rings. The van der Waals surface area contributed by atoms with Crippen LogP contribution in [0.25, 0.3) is 0 Å². The molecule has 0 amide bonds. The van der Waals surface area contributed by atoms with Gasteiger partial charge in [0, 0.05) is 24.7 Å². The molecular weight excluding hydrogens is 373 g/mol. The summed E-state index contributed by atoms with van der Waals surface area (Å²) in [6, 6.07) is 11.4. The molecule has 26 heavy (non-hydrogen) atoms. The molecule has 0 saturated carbocycles. The first kappa shape index (κ1) is 19.3. The lowest BCUT2D eigenvalue weighted by atomic mass is 10.2. The van der Waals surface area contributed by atoms with E-state index in [4.69, 9.17) is 37.4 Å². The normalized spacial score (nSPS) is 16.7. The number of hydrogen-bond acceptors (Lipinski definition) is 4. The van der Waals surface area contributed by atoms with Crippen LogP contribution in [-0.4, -0.2) is 26.4 Å². The lowest BCUT2D eigenvalue weighted by molar-refractivity contribution is 0.110. The molecule has 4 nitrogen and oxygen atoms in total. The third-order valence-corrected chi connectivity index (χ3v) is 4.80. The Morgan fingerprint density at radius 3 is 2.81 bits per heavy atom. The van der Waals surface area contributed by atoms with Crippen LogP contribution in [-0.2, 0) is 17.9 Å². The van der Waals surface area contributed by atoms with Crippen LogP contribution in [0, 0.1) is 0 Å². The zero-order valence-electron chi connectivity index (χ0n) is 14.8. The fourth-order valence-electron chi connectivity index (χ4n) is 2.98. The van der Waals surface area contributed by atoms with E-state index < -0.39 is 0 Å². The van der Waals surface area contributed by atoms with E-state index in [1.807, 2.05) is 36.4 Å². The molecule has 0 radical (unpaired) electrons. The predicted molar refractivity (Wildman–Crippen MR) is 104 cm³/mol. The van der Waals surface area contributed by atoms with Gasteiger partial charge >= 0.3 is 0 Å². The van der Waals surface area contributed by atoms with Crippen LogP contribution in [0.4, 0.5) is 0 Å². The minimum atomic E-state index is 0.313. The predicted octanol–water partition coefficient (Wildman–Crippen LogP) is 4.85. The maximum absolute atomic E-state index is 6.43. The van der Waals surface area contributed by atoms with Crippen molar-refractivity contribution < 1.29 is 14.2 Å². The van der Waals surface area contributed by atoms with E-state index in [-0.39, 0.29) is 0 Å². The van der Waals surface area contributed by atoms with Crippen LogP contribution in [0.15, 0.2) is 36.4 Å². The third-order valence-electron chi connectivity index (χ3n) is 4.29. The van der Waals surface area contributed by atoms with Gasteiger partial charge in [0.25, 0.3) is 0 Å². The molecule has 2 aromatic rings. The van der Waals surface area contributed by atoms with Crippen molar-refractivity contribution in [3.63, 3.8) is 0 Å². The smallest absolute Gasteiger partial charge is 0.180 e. The van der Waals surface area contributed by atoms with E-state index in [9.17, 15) is 0 Å². The summed E-state index contributed by atoms with van der Waals surface area (Å²) in [5, 5.41) is 4.62. The van der Waals surface area contributed by atoms with Gasteiger partial charge in [0.15, 0.2) is 11.5 Å². The Kier molecular flexibility index (Phi) is 7.03. The van der Waals surface area contributed by atoms with Crippen molar-refractivity contribution in [2.75, 3.05) is 20.3 Å². The number of rotatable bonds is 8. The van der Waals surface area contributed by atoms with Gasteiger partial charge < -0.3 is 19.5 Å². The molecule has 6 heteroatoms. The lowest BCUT2D eigenvalue weighted by Crippen LogP contribution is -2.25. The van der Waals surface area contributed by atoms with E-state index in [0.717, 1.165) is 37.1 Å². The second-order valence-electron chi connectivity index (χ2n) is 6.29. The van der Waals surface area contributed by atoms with E-state index in [2.05, 4.69) is 5.32 Å². The SMILES string of the molecule is COc1cc(CNCC2CCCO2)cc(Cl)c1OCc1cccc(Cl)c1. The molecule has 1 aliphatic rings. The van der Waals surface area contributed by atoms with Crippen molar-refractivity contribution in [3.05, 3.63) is 57.6 Å². The highest BCUT2D eigenvalue weighted by Crippen LogP contribution is 2.37. The molecule has 140 valence electrons. The number of halogens is 2. The van der Waals surface area contributed by atoms with Crippen molar-refractivity contribution in [2.24, 2.45) is 0 Å². The Labute approximate surface area is 164 Å². The summed E-state index contributed by atoms with van der Waals surface area (Å²) in [6.07, 6.45) is 2.57.